The summed E-state index contributed by atoms with van der Waals surface area (Å²) in [6.07, 6.45) is 0. The second-order valence-electron chi connectivity index (χ2n) is 4.06. The fourth-order valence-electron chi connectivity index (χ4n) is 1.80. The zero-order valence-electron chi connectivity index (χ0n) is 11.6. The van der Waals surface area contributed by atoms with E-state index in [1.54, 1.807) is 33.5 Å². The third-order valence-corrected chi connectivity index (χ3v) is 2.75. The Morgan fingerprint density at radius 2 is 2.05 bits per heavy atom. The third-order valence-electron chi connectivity index (χ3n) is 2.75. The fourth-order valence-corrected chi connectivity index (χ4v) is 1.80. The van der Waals surface area contributed by atoms with Crippen molar-refractivity contribution in [1.29, 1.82) is 0 Å². The molecule has 1 aromatic carbocycles. The standard InChI is InChI=1S/C13H17N3O4/c1-17-7-9(14)12-15-13(20-16-12)8-5-4-6-10(18-2)11(8)19-3/h4-6,9H,7,14H2,1-3H3. The number of hydrogen-bond donors (Lipinski definition) is 1. The van der Waals surface area contributed by atoms with Crippen molar-refractivity contribution in [3.05, 3.63) is 24.0 Å². The summed E-state index contributed by atoms with van der Waals surface area (Å²) in [6, 6.07) is 4.97. The van der Waals surface area contributed by atoms with Crippen LogP contribution in [0, 0.1) is 0 Å². The van der Waals surface area contributed by atoms with Gasteiger partial charge in [-0.25, -0.2) is 0 Å². The van der Waals surface area contributed by atoms with Crippen LogP contribution in [0.3, 0.4) is 0 Å². The quantitative estimate of drug-likeness (QED) is 0.854. The molecule has 2 aromatic rings. The molecule has 0 fully saturated rings. The number of ether oxygens (including phenoxy) is 3. The molecule has 0 bridgehead atoms. The second kappa shape index (κ2) is 6.36. The SMILES string of the molecule is COCC(N)c1noc(-c2cccc(OC)c2OC)n1. The lowest BCUT2D eigenvalue weighted by molar-refractivity contribution is 0.177. The maximum absolute atomic E-state index is 5.86. The van der Waals surface area contributed by atoms with Crippen LogP contribution in [0.25, 0.3) is 11.5 Å². The Kier molecular flexibility index (Phi) is 4.54. The van der Waals surface area contributed by atoms with Gasteiger partial charge in [-0.3, -0.25) is 0 Å². The van der Waals surface area contributed by atoms with Crippen LogP contribution in [0.2, 0.25) is 0 Å². The number of nitrogens with two attached hydrogens (primary N) is 1. The van der Waals surface area contributed by atoms with Crippen molar-refractivity contribution in [1.82, 2.24) is 10.1 Å². The Morgan fingerprint density at radius 1 is 1.25 bits per heavy atom. The van der Waals surface area contributed by atoms with Crippen molar-refractivity contribution in [2.75, 3.05) is 27.9 Å². The first-order chi connectivity index (χ1) is 9.71. The van der Waals surface area contributed by atoms with Gasteiger partial charge in [0.05, 0.1) is 32.4 Å². The summed E-state index contributed by atoms with van der Waals surface area (Å²) >= 11 is 0. The minimum absolute atomic E-state index is 0.314. The summed E-state index contributed by atoms with van der Waals surface area (Å²) < 4.78 is 20.8. The number of rotatable bonds is 6. The van der Waals surface area contributed by atoms with Gasteiger partial charge in [-0.1, -0.05) is 11.2 Å². The molecular formula is C13H17N3O4. The smallest absolute Gasteiger partial charge is 0.261 e. The minimum Gasteiger partial charge on any atom is -0.493 e. The number of methoxy groups -OCH3 is 3. The molecular weight excluding hydrogens is 262 g/mol. The van der Waals surface area contributed by atoms with Crippen molar-refractivity contribution in [2.24, 2.45) is 5.73 Å². The summed E-state index contributed by atoms with van der Waals surface area (Å²) in [4.78, 5) is 4.26. The zero-order valence-corrected chi connectivity index (χ0v) is 11.6. The average molecular weight is 279 g/mol. The Hall–Kier alpha value is -2.12. The van der Waals surface area contributed by atoms with Crippen molar-refractivity contribution in [3.63, 3.8) is 0 Å². The summed E-state index contributed by atoms with van der Waals surface area (Å²) in [5, 5.41) is 3.85. The molecule has 1 atom stereocenters. The Labute approximate surface area is 116 Å². The van der Waals surface area contributed by atoms with E-state index in [0.29, 0.717) is 35.4 Å². The molecule has 2 N–H and O–H groups in total. The lowest BCUT2D eigenvalue weighted by Gasteiger charge is -2.09. The highest BCUT2D eigenvalue weighted by Crippen LogP contribution is 2.37. The Bertz CT molecular complexity index is 570. The predicted molar refractivity (Wildman–Crippen MR) is 71.6 cm³/mol. The van der Waals surface area contributed by atoms with Gasteiger partial charge in [-0.15, -0.1) is 0 Å². The van der Waals surface area contributed by atoms with Gasteiger partial charge in [0, 0.05) is 7.11 Å². The molecule has 2 rings (SSSR count). The van der Waals surface area contributed by atoms with Crippen molar-refractivity contribution in [3.8, 4) is 23.0 Å². The van der Waals surface area contributed by atoms with Gasteiger partial charge in [0.25, 0.3) is 5.89 Å². The molecule has 1 aromatic heterocycles. The van der Waals surface area contributed by atoms with Gasteiger partial charge in [0.1, 0.15) is 0 Å². The normalized spacial score (nSPS) is 12.2. The lowest BCUT2D eigenvalue weighted by atomic mass is 10.2. The van der Waals surface area contributed by atoms with E-state index in [0.717, 1.165) is 0 Å². The first kappa shape index (κ1) is 14.3. The van der Waals surface area contributed by atoms with Crippen LogP contribution >= 0.6 is 0 Å². The number of hydrogen-bond acceptors (Lipinski definition) is 7. The Balaban J connectivity index is 2.37. The molecule has 1 heterocycles. The van der Waals surface area contributed by atoms with Gasteiger partial charge in [0.2, 0.25) is 0 Å². The van der Waals surface area contributed by atoms with Gasteiger partial charge in [0.15, 0.2) is 17.3 Å². The van der Waals surface area contributed by atoms with E-state index in [2.05, 4.69) is 10.1 Å². The van der Waals surface area contributed by atoms with Crippen LogP contribution in [-0.2, 0) is 4.74 Å². The van der Waals surface area contributed by atoms with E-state index >= 15 is 0 Å². The average Bonchev–Trinajstić information content (AvgIpc) is 2.96. The second-order valence-corrected chi connectivity index (χ2v) is 4.06. The van der Waals surface area contributed by atoms with Crippen LogP contribution in [-0.4, -0.2) is 38.1 Å². The summed E-state index contributed by atoms with van der Waals surface area (Å²) in [6.45, 7) is 0.314. The number of nitrogens with zero attached hydrogens (tertiary/aromatic N) is 2. The van der Waals surface area contributed by atoms with Gasteiger partial charge < -0.3 is 24.5 Å². The molecule has 0 aliphatic rings. The zero-order chi connectivity index (χ0) is 14.5. The number of benzene rings is 1. The van der Waals surface area contributed by atoms with E-state index in [4.69, 9.17) is 24.5 Å². The van der Waals surface area contributed by atoms with E-state index < -0.39 is 6.04 Å². The Morgan fingerprint density at radius 3 is 2.70 bits per heavy atom. The summed E-state index contributed by atoms with van der Waals surface area (Å²) in [7, 11) is 4.68. The van der Waals surface area contributed by atoms with Crippen molar-refractivity contribution in [2.45, 2.75) is 6.04 Å². The molecule has 0 saturated heterocycles. The maximum Gasteiger partial charge on any atom is 0.261 e. The number of aromatic nitrogens is 2. The van der Waals surface area contributed by atoms with E-state index in [-0.39, 0.29) is 0 Å². The highest BCUT2D eigenvalue weighted by atomic mass is 16.5. The molecule has 0 saturated carbocycles. The summed E-state index contributed by atoms with van der Waals surface area (Å²) in [5.74, 6) is 1.82. The van der Waals surface area contributed by atoms with E-state index in [1.807, 2.05) is 6.07 Å². The molecule has 108 valence electrons. The first-order valence-corrected chi connectivity index (χ1v) is 6.00. The van der Waals surface area contributed by atoms with Crippen LogP contribution in [0.15, 0.2) is 22.7 Å². The molecule has 7 heteroatoms. The molecule has 7 nitrogen and oxygen atoms in total. The van der Waals surface area contributed by atoms with E-state index in [9.17, 15) is 0 Å². The fraction of sp³-hybridized carbons (Fsp3) is 0.385. The molecule has 0 radical (unpaired) electrons. The van der Waals surface area contributed by atoms with Crippen LogP contribution in [0.1, 0.15) is 11.9 Å². The van der Waals surface area contributed by atoms with Crippen LogP contribution in [0.5, 0.6) is 11.5 Å². The third kappa shape index (κ3) is 2.73. The maximum atomic E-state index is 5.86. The van der Waals surface area contributed by atoms with Crippen molar-refractivity contribution < 1.29 is 18.7 Å². The lowest BCUT2D eigenvalue weighted by Crippen LogP contribution is -2.17. The van der Waals surface area contributed by atoms with Gasteiger partial charge in [-0.05, 0) is 12.1 Å². The molecule has 0 amide bonds. The predicted octanol–water partition coefficient (Wildman–Crippen LogP) is 1.40. The van der Waals surface area contributed by atoms with Crippen LogP contribution in [0.4, 0.5) is 0 Å². The highest BCUT2D eigenvalue weighted by Gasteiger charge is 2.19. The van der Waals surface area contributed by atoms with Crippen molar-refractivity contribution >= 4 is 0 Å². The number of para-hydroxylation sites is 1. The minimum atomic E-state index is -0.436. The topological polar surface area (TPSA) is 92.6 Å². The molecule has 0 spiro atoms. The molecule has 0 aliphatic carbocycles. The van der Waals surface area contributed by atoms with Gasteiger partial charge >= 0.3 is 0 Å². The highest BCUT2D eigenvalue weighted by molar-refractivity contribution is 5.67. The van der Waals surface area contributed by atoms with E-state index in [1.165, 1.54) is 0 Å². The molecule has 1 unspecified atom stereocenters. The molecule has 20 heavy (non-hydrogen) atoms. The first-order valence-electron chi connectivity index (χ1n) is 6.00. The van der Waals surface area contributed by atoms with Gasteiger partial charge in [-0.2, -0.15) is 4.98 Å². The monoisotopic (exact) mass is 279 g/mol. The largest absolute Gasteiger partial charge is 0.493 e. The molecule has 0 aliphatic heterocycles. The van der Waals surface area contributed by atoms with Crippen LogP contribution < -0.4 is 15.2 Å². The summed E-state index contributed by atoms with van der Waals surface area (Å²) in [5.41, 5.74) is 6.51.